The summed E-state index contributed by atoms with van der Waals surface area (Å²) in [5.41, 5.74) is -0.0232. The Labute approximate surface area is 110 Å². The Morgan fingerprint density at radius 3 is 2.56 bits per heavy atom. The van der Waals surface area contributed by atoms with Gasteiger partial charge in [0.2, 0.25) is 0 Å². The van der Waals surface area contributed by atoms with Gasteiger partial charge in [-0.2, -0.15) is 0 Å². The van der Waals surface area contributed by atoms with Crippen molar-refractivity contribution in [2.75, 3.05) is 23.8 Å². The molecule has 0 amide bonds. The Bertz CT molecular complexity index is 422. The number of hydrogen-bond acceptors (Lipinski definition) is 4. The molecule has 1 atom stereocenters. The number of anilines is 2. The Balaban J connectivity index is 2.41. The molecular weight excluding hydrogens is 224 g/mol. The van der Waals surface area contributed by atoms with Crippen LogP contribution in [0.4, 0.5) is 11.6 Å². The number of rotatable bonds is 2. The molecule has 0 spiro atoms. The lowest BCUT2D eigenvalue weighted by atomic mass is 9.96. The quantitative estimate of drug-likeness (QED) is 0.874. The first-order valence-electron chi connectivity index (χ1n) is 6.76. The molecule has 18 heavy (non-hydrogen) atoms. The van der Waals surface area contributed by atoms with E-state index in [1.165, 1.54) is 12.8 Å². The molecule has 100 valence electrons. The molecule has 0 aliphatic carbocycles. The van der Waals surface area contributed by atoms with E-state index in [4.69, 9.17) is 4.98 Å². The van der Waals surface area contributed by atoms with E-state index in [1.54, 1.807) is 0 Å². The van der Waals surface area contributed by atoms with Gasteiger partial charge in [-0.1, -0.05) is 20.8 Å². The van der Waals surface area contributed by atoms with Crippen LogP contribution in [0.15, 0.2) is 6.07 Å². The molecule has 0 saturated carbocycles. The summed E-state index contributed by atoms with van der Waals surface area (Å²) in [6.45, 7) is 9.83. The first-order valence-corrected chi connectivity index (χ1v) is 6.76. The molecule has 4 nitrogen and oxygen atoms in total. The second-order valence-corrected chi connectivity index (χ2v) is 6.12. The Kier molecular flexibility index (Phi) is 3.46. The van der Waals surface area contributed by atoms with Crippen molar-refractivity contribution in [3.8, 4) is 0 Å². The molecule has 0 aromatic carbocycles. The predicted molar refractivity (Wildman–Crippen MR) is 76.3 cm³/mol. The molecule has 1 aliphatic heterocycles. The van der Waals surface area contributed by atoms with Crippen LogP contribution in [0, 0.1) is 0 Å². The van der Waals surface area contributed by atoms with Gasteiger partial charge < -0.3 is 10.2 Å². The van der Waals surface area contributed by atoms with Gasteiger partial charge in [-0.25, -0.2) is 9.97 Å². The zero-order valence-electron chi connectivity index (χ0n) is 12.1. The molecule has 2 rings (SSSR count). The van der Waals surface area contributed by atoms with Gasteiger partial charge in [0.25, 0.3) is 0 Å². The van der Waals surface area contributed by atoms with Crippen LogP contribution in [0.3, 0.4) is 0 Å². The molecule has 0 radical (unpaired) electrons. The van der Waals surface area contributed by atoms with E-state index in [0.29, 0.717) is 6.04 Å². The number of aromatic nitrogens is 2. The summed E-state index contributed by atoms with van der Waals surface area (Å²) in [6, 6.07) is 2.63. The van der Waals surface area contributed by atoms with Crippen LogP contribution in [-0.2, 0) is 5.41 Å². The van der Waals surface area contributed by atoms with E-state index in [0.717, 1.165) is 24.0 Å². The van der Waals surface area contributed by atoms with Gasteiger partial charge in [0, 0.05) is 31.1 Å². The summed E-state index contributed by atoms with van der Waals surface area (Å²) < 4.78 is 0. The summed E-state index contributed by atoms with van der Waals surface area (Å²) >= 11 is 0. The number of nitrogens with zero attached hydrogens (tertiary/aromatic N) is 3. The molecule has 1 saturated heterocycles. The van der Waals surface area contributed by atoms with Crippen LogP contribution >= 0.6 is 0 Å². The Morgan fingerprint density at radius 2 is 2.06 bits per heavy atom. The van der Waals surface area contributed by atoms with E-state index in [2.05, 4.69) is 49.0 Å². The van der Waals surface area contributed by atoms with Crippen molar-refractivity contribution in [2.45, 2.75) is 52.0 Å². The van der Waals surface area contributed by atoms with Gasteiger partial charge in [-0.15, -0.1) is 0 Å². The van der Waals surface area contributed by atoms with Gasteiger partial charge in [-0.05, 0) is 19.8 Å². The van der Waals surface area contributed by atoms with Gasteiger partial charge >= 0.3 is 0 Å². The fourth-order valence-electron chi connectivity index (χ4n) is 2.32. The molecule has 1 unspecified atom stereocenters. The maximum absolute atomic E-state index is 4.76. The minimum absolute atomic E-state index is 0.0232. The molecular formula is C14H24N4. The number of nitrogens with one attached hydrogen (secondary N) is 1. The average molecular weight is 248 g/mol. The van der Waals surface area contributed by atoms with Crippen molar-refractivity contribution < 1.29 is 0 Å². The lowest BCUT2D eigenvalue weighted by molar-refractivity contribution is 0.544. The molecule has 1 aromatic rings. The first kappa shape index (κ1) is 13.1. The van der Waals surface area contributed by atoms with Crippen LogP contribution < -0.4 is 10.2 Å². The summed E-state index contributed by atoms with van der Waals surface area (Å²) in [4.78, 5) is 11.7. The second-order valence-electron chi connectivity index (χ2n) is 6.12. The van der Waals surface area contributed by atoms with Crippen LogP contribution in [0.2, 0.25) is 0 Å². The van der Waals surface area contributed by atoms with Gasteiger partial charge in [0.05, 0.1) is 0 Å². The third-order valence-electron chi connectivity index (χ3n) is 3.49. The topological polar surface area (TPSA) is 41.0 Å². The first-order chi connectivity index (χ1) is 8.41. The van der Waals surface area contributed by atoms with Crippen LogP contribution in [0.1, 0.15) is 46.4 Å². The highest BCUT2D eigenvalue weighted by molar-refractivity contribution is 5.51. The lowest BCUT2D eigenvalue weighted by Crippen LogP contribution is -2.29. The van der Waals surface area contributed by atoms with Gasteiger partial charge in [0.15, 0.2) is 0 Å². The molecule has 0 bridgehead atoms. The van der Waals surface area contributed by atoms with Crippen LogP contribution in [0.5, 0.6) is 0 Å². The fourth-order valence-corrected chi connectivity index (χ4v) is 2.32. The second kappa shape index (κ2) is 4.75. The van der Waals surface area contributed by atoms with Crippen LogP contribution in [-0.4, -0.2) is 29.6 Å². The molecule has 1 fully saturated rings. The Morgan fingerprint density at radius 1 is 1.33 bits per heavy atom. The smallest absolute Gasteiger partial charge is 0.138 e. The molecule has 2 heterocycles. The van der Waals surface area contributed by atoms with Crippen molar-refractivity contribution in [1.82, 2.24) is 9.97 Å². The summed E-state index contributed by atoms with van der Waals surface area (Å²) in [6.07, 6.45) is 2.51. The van der Waals surface area contributed by atoms with E-state index in [9.17, 15) is 0 Å². The maximum Gasteiger partial charge on any atom is 0.138 e. The minimum Gasteiger partial charge on any atom is -0.373 e. The SMILES string of the molecule is CNc1cc(N2CCCC2C)nc(C(C)(C)C)n1. The lowest BCUT2D eigenvalue weighted by Gasteiger charge is -2.25. The van der Waals surface area contributed by atoms with Crippen molar-refractivity contribution in [3.63, 3.8) is 0 Å². The van der Waals surface area contributed by atoms with Crippen LogP contribution in [0.25, 0.3) is 0 Å². The fraction of sp³-hybridized carbons (Fsp3) is 0.714. The third kappa shape index (κ3) is 2.57. The molecule has 1 N–H and O–H groups in total. The monoisotopic (exact) mass is 248 g/mol. The van der Waals surface area contributed by atoms with Gasteiger partial charge in [0.1, 0.15) is 17.5 Å². The zero-order chi connectivity index (χ0) is 13.3. The highest BCUT2D eigenvalue weighted by Gasteiger charge is 2.25. The highest BCUT2D eigenvalue weighted by Crippen LogP contribution is 2.28. The maximum atomic E-state index is 4.76. The van der Waals surface area contributed by atoms with Crippen molar-refractivity contribution in [2.24, 2.45) is 0 Å². The molecule has 1 aromatic heterocycles. The third-order valence-corrected chi connectivity index (χ3v) is 3.49. The van der Waals surface area contributed by atoms with E-state index < -0.39 is 0 Å². The normalized spacial score (nSPS) is 20.3. The molecule has 4 heteroatoms. The standard InChI is InChI=1S/C14H24N4/c1-10-7-6-8-18(10)12-9-11(15-5)16-13(17-12)14(2,3)4/h9-10H,6-8H2,1-5H3,(H,15,16,17). The summed E-state index contributed by atoms with van der Waals surface area (Å²) in [5.74, 6) is 2.87. The van der Waals surface area contributed by atoms with Gasteiger partial charge in [-0.3, -0.25) is 0 Å². The van der Waals surface area contributed by atoms with Crippen molar-refractivity contribution in [1.29, 1.82) is 0 Å². The Hall–Kier alpha value is -1.32. The summed E-state index contributed by atoms with van der Waals surface area (Å²) in [7, 11) is 1.91. The average Bonchev–Trinajstić information content (AvgIpc) is 2.73. The summed E-state index contributed by atoms with van der Waals surface area (Å²) in [5, 5.41) is 3.14. The minimum atomic E-state index is -0.0232. The van der Waals surface area contributed by atoms with E-state index >= 15 is 0 Å². The van der Waals surface area contributed by atoms with Crippen molar-refractivity contribution in [3.05, 3.63) is 11.9 Å². The molecule has 1 aliphatic rings. The van der Waals surface area contributed by atoms with E-state index in [1.807, 2.05) is 7.05 Å². The highest BCUT2D eigenvalue weighted by atomic mass is 15.2. The number of hydrogen-bond donors (Lipinski definition) is 1. The zero-order valence-corrected chi connectivity index (χ0v) is 12.1. The van der Waals surface area contributed by atoms with E-state index in [-0.39, 0.29) is 5.41 Å². The predicted octanol–water partition coefficient (Wildman–Crippen LogP) is 2.80. The van der Waals surface area contributed by atoms with Crippen molar-refractivity contribution >= 4 is 11.6 Å². The largest absolute Gasteiger partial charge is 0.373 e.